The Bertz CT molecular complexity index is 432. The summed E-state index contributed by atoms with van der Waals surface area (Å²) < 4.78 is 5.79. The van der Waals surface area contributed by atoms with Crippen LogP contribution in [0.5, 0.6) is 5.75 Å². The second-order valence-electron chi connectivity index (χ2n) is 4.23. The number of carbonyl (C=O) groups excluding carboxylic acids is 1. The maximum atomic E-state index is 11.4. The number of nitrogens with one attached hydrogen (secondary N) is 2. The zero-order valence-corrected chi connectivity index (χ0v) is 8.41. The normalized spacial score (nSPS) is 32.1. The van der Waals surface area contributed by atoms with E-state index >= 15 is 0 Å². The summed E-state index contributed by atoms with van der Waals surface area (Å²) in [5, 5.41) is 5.69. The largest absolute Gasteiger partial charge is 0.468 e. The Labute approximate surface area is 87.6 Å². The number of para-hydroxylation sites is 1. The van der Waals surface area contributed by atoms with Crippen LogP contribution in [0.25, 0.3) is 0 Å². The fourth-order valence-corrected chi connectivity index (χ4v) is 2.29. The fraction of sp³-hybridized carbons (Fsp3) is 0.364. The number of urea groups is 1. The van der Waals surface area contributed by atoms with Crippen LogP contribution in [0, 0.1) is 0 Å². The highest BCUT2D eigenvalue weighted by Crippen LogP contribution is 2.39. The molecule has 15 heavy (non-hydrogen) atoms. The molecule has 1 fully saturated rings. The van der Waals surface area contributed by atoms with Gasteiger partial charge in [-0.25, -0.2) is 4.79 Å². The third-order valence-electron chi connectivity index (χ3n) is 2.91. The summed E-state index contributed by atoms with van der Waals surface area (Å²) in [7, 11) is 0. The molecule has 78 valence electrons. The van der Waals surface area contributed by atoms with Gasteiger partial charge in [-0.2, -0.15) is 0 Å². The van der Waals surface area contributed by atoms with Crippen molar-refractivity contribution in [2.75, 3.05) is 0 Å². The van der Waals surface area contributed by atoms with Crippen molar-refractivity contribution in [3.05, 3.63) is 29.8 Å². The molecule has 0 saturated carbocycles. The van der Waals surface area contributed by atoms with Gasteiger partial charge in [0, 0.05) is 12.0 Å². The van der Waals surface area contributed by atoms with Gasteiger partial charge in [0.25, 0.3) is 0 Å². The van der Waals surface area contributed by atoms with Crippen LogP contribution < -0.4 is 15.4 Å². The first kappa shape index (κ1) is 8.59. The van der Waals surface area contributed by atoms with Gasteiger partial charge in [-0.3, -0.25) is 0 Å². The van der Waals surface area contributed by atoms with E-state index in [2.05, 4.69) is 10.6 Å². The Kier molecular flexibility index (Phi) is 1.52. The highest BCUT2D eigenvalue weighted by Gasteiger charge is 2.42. The van der Waals surface area contributed by atoms with Crippen molar-refractivity contribution in [1.29, 1.82) is 0 Å². The van der Waals surface area contributed by atoms with Crippen molar-refractivity contribution in [1.82, 2.24) is 10.6 Å². The second kappa shape index (κ2) is 2.66. The van der Waals surface area contributed by atoms with E-state index in [1.54, 1.807) is 0 Å². The molecule has 0 aliphatic carbocycles. The lowest BCUT2D eigenvalue weighted by atomic mass is 9.92. The molecule has 1 aromatic carbocycles. The SMILES string of the molecule is C[C@@]12C[C@@H](NC(=O)N1)c1ccccc1O2. The molecule has 2 heterocycles. The number of ether oxygens (including phenoxy) is 1. The molecular weight excluding hydrogens is 192 g/mol. The van der Waals surface area contributed by atoms with Gasteiger partial charge in [-0.1, -0.05) is 18.2 Å². The lowest BCUT2D eigenvalue weighted by Crippen LogP contribution is -2.62. The van der Waals surface area contributed by atoms with Crippen LogP contribution in [-0.2, 0) is 0 Å². The smallest absolute Gasteiger partial charge is 0.318 e. The Morgan fingerprint density at radius 3 is 3.13 bits per heavy atom. The number of fused-ring (bicyclic) bond motifs is 4. The first-order chi connectivity index (χ1) is 7.16. The van der Waals surface area contributed by atoms with E-state index in [1.165, 1.54) is 0 Å². The average Bonchev–Trinajstić information content (AvgIpc) is 2.15. The number of benzene rings is 1. The van der Waals surface area contributed by atoms with Crippen LogP contribution in [0.1, 0.15) is 24.9 Å². The minimum Gasteiger partial charge on any atom is -0.468 e. The van der Waals surface area contributed by atoms with Crippen LogP contribution >= 0.6 is 0 Å². The lowest BCUT2D eigenvalue weighted by Gasteiger charge is -2.44. The Balaban J connectivity index is 2.10. The van der Waals surface area contributed by atoms with Crippen molar-refractivity contribution in [2.24, 2.45) is 0 Å². The summed E-state index contributed by atoms with van der Waals surface area (Å²) in [5.74, 6) is 0.851. The zero-order chi connectivity index (χ0) is 10.5. The lowest BCUT2D eigenvalue weighted by molar-refractivity contribution is 0.0119. The first-order valence-electron chi connectivity index (χ1n) is 5.03. The Morgan fingerprint density at radius 2 is 2.27 bits per heavy atom. The molecule has 2 aliphatic rings. The highest BCUT2D eigenvalue weighted by molar-refractivity contribution is 5.77. The van der Waals surface area contributed by atoms with Gasteiger partial charge < -0.3 is 15.4 Å². The van der Waals surface area contributed by atoms with Crippen molar-refractivity contribution in [2.45, 2.75) is 25.1 Å². The molecule has 2 N–H and O–H groups in total. The highest BCUT2D eigenvalue weighted by atomic mass is 16.5. The van der Waals surface area contributed by atoms with E-state index < -0.39 is 5.72 Å². The molecule has 4 nitrogen and oxygen atoms in total. The summed E-state index contributed by atoms with van der Waals surface area (Å²) in [4.78, 5) is 11.4. The predicted octanol–water partition coefficient (Wildman–Crippen LogP) is 1.54. The molecule has 0 radical (unpaired) electrons. The summed E-state index contributed by atoms with van der Waals surface area (Å²) in [6, 6.07) is 7.71. The molecule has 3 rings (SSSR count). The molecule has 1 saturated heterocycles. The third-order valence-corrected chi connectivity index (χ3v) is 2.91. The molecule has 4 heteroatoms. The summed E-state index contributed by atoms with van der Waals surface area (Å²) in [6.07, 6.45) is 0.760. The van der Waals surface area contributed by atoms with Crippen molar-refractivity contribution >= 4 is 6.03 Å². The fourth-order valence-electron chi connectivity index (χ4n) is 2.29. The summed E-state index contributed by atoms with van der Waals surface area (Å²) in [6.45, 7) is 1.90. The molecule has 2 amide bonds. The molecule has 0 unspecified atom stereocenters. The maximum Gasteiger partial charge on any atom is 0.318 e. The second-order valence-corrected chi connectivity index (χ2v) is 4.23. The average molecular weight is 204 g/mol. The Hall–Kier alpha value is -1.71. The monoisotopic (exact) mass is 204 g/mol. The van der Waals surface area contributed by atoms with Crippen LogP contribution in [0.4, 0.5) is 4.79 Å². The first-order valence-corrected chi connectivity index (χ1v) is 5.03. The van der Waals surface area contributed by atoms with Gasteiger partial charge in [-0.05, 0) is 13.0 Å². The van der Waals surface area contributed by atoms with Gasteiger partial charge in [0.15, 0.2) is 5.72 Å². The number of hydrogen-bond donors (Lipinski definition) is 2. The van der Waals surface area contributed by atoms with Crippen LogP contribution in [0.15, 0.2) is 24.3 Å². The maximum absolute atomic E-state index is 11.4. The van der Waals surface area contributed by atoms with Crippen molar-refractivity contribution in [3.63, 3.8) is 0 Å². The van der Waals surface area contributed by atoms with E-state index in [1.807, 2.05) is 31.2 Å². The van der Waals surface area contributed by atoms with E-state index in [0.717, 1.165) is 17.7 Å². The molecule has 1 aromatic rings. The van der Waals surface area contributed by atoms with Crippen LogP contribution in [-0.4, -0.2) is 11.8 Å². The minimum absolute atomic E-state index is 0.0636. The van der Waals surface area contributed by atoms with Gasteiger partial charge in [-0.15, -0.1) is 0 Å². The van der Waals surface area contributed by atoms with Gasteiger partial charge >= 0.3 is 6.03 Å². The summed E-state index contributed by atoms with van der Waals surface area (Å²) in [5.41, 5.74) is 0.492. The Morgan fingerprint density at radius 1 is 1.47 bits per heavy atom. The van der Waals surface area contributed by atoms with Crippen LogP contribution in [0.3, 0.4) is 0 Å². The minimum atomic E-state index is -0.568. The number of amides is 2. The van der Waals surface area contributed by atoms with Gasteiger partial charge in [0.05, 0.1) is 6.04 Å². The van der Waals surface area contributed by atoms with Crippen molar-refractivity contribution in [3.8, 4) is 5.75 Å². The standard InChI is InChI=1S/C11H12N2O2/c1-11-6-8(12-10(14)13-11)7-4-2-3-5-9(7)15-11/h2-5,8H,6H2,1H3,(H2,12,13,14)/t8-,11-/m1/s1. The molecular formula is C11H12N2O2. The molecule has 2 atom stereocenters. The topological polar surface area (TPSA) is 50.4 Å². The number of carbonyl (C=O) groups is 1. The quantitative estimate of drug-likeness (QED) is 0.673. The molecule has 2 aliphatic heterocycles. The van der Waals surface area contributed by atoms with Crippen molar-refractivity contribution < 1.29 is 9.53 Å². The molecule has 0 aromatic heterocycles. The van der Waals surface area contributed by atoms with Gasteiger partial charge in [0.1, 0.15) is 5.75 Å². The van der Waals surface area contributed by atoms with E-state index in [-0.39, 0.29) is 12.1 Å². The summed E-state index contributed by atoms with van der Waals surface area (Å²) >= 11 is 0. The van der Waals surface area contributed by atoms with E-state index in [0.29, 0.717) is 0 Å². The molecule has 2 bridgehead atoms. The van der Waals surface area contributed by atoms with Gasteiger partial charge in [0.2, 0.25) is 0 Å². The number of rotatable bonds is 0. The predicted molar refractivity (Wildman–Crippen MR) is 54.5 cm³/mol. The number of hydrogen-bond acceptors (Lipinski definition) is 2. The van der Waals surface area contributed by atoms with E-state index in [9.17, 15) is 4.79 Å². The van der Waals surface area contributed by atoms with Crippen LogP contribution in [0.2, 0.25) is 0 Å². The third kappa shape index (κ3) is 1.25. The zero-order valence-electron chi connectivity index (χ0n) is 8.41. The molecule has 0 spiro atoms. The van der Waals surface area contributed by atoms with E-state index in [4.69, 9.17) is 4.74 Å².